The van der Waals surface area contributed by atoms with E-state index in [1.807, 2.05) is 31.2 Å². The number of hydrogen-bond acceptors (Lipinski definition) is 2. The first-order valence-corrected chi connectivity index (χ1v) is 6.05. The Morgan fingerprint density at radius 1 is 1.53 bits per heavy atom. The first kappa shape index (κ1) is 13.8. The van der Waals surface area contributed by atoms with Crippen molar-refractivity contribution < 1.29 is 9.53 Å². The number of ether oxygens (including phenoxy) is 1. The van der Waals surface area contributed by atoms with E-state index in [0.717, 1.165) is 11.3 Å². The molecule has 4 heteroatoms. The van der Waals surface area contributed by atoms with Gasteiger partial charge in [-0.1, -0.05) is 19.1 Å². The Labute approximate surface area is 107 Å². The molecule has 0 aliphatic rings. The molecule has 0 aromatic heterocycles. The summed E-state index contributed by atoms with van der Waals surface area (Å²) in [6.07, 6.45) is 0. The van der Waals surface area contributed by atoms with E-state index in [0.29, 0.717) is 12.4 Å². The maximum absolute atomic E-state index is 11.8. The number of amides is 1. The van der Waals surface area contributed by atoms with Crippen LogP contribution >= 0.6 is 11.6 Å². The summed E-state index contributed by atoms with van der Waals surface area (Å²) in [6.45, 7) is 2.40. The molecule has 94 valence electrons. The first-order chi connectivity index (χ1) is 8.08. The summed E-state index contributed by atoms with van der Waals surface area (Å²) < 4.78 is 5.14. The Kier molecular flexibility index (Phi) is 5.29. The SMILES string of the molecule is COc1cccc(CN(C)C(=O)C(C)CCl)c1. The quantitative estimate of drug-likeness (QED) is 0.757. The molecule has 3 nitrogen and oxygen atoms in total. The van der Waals surface area contributed by atoms with Crippen LogP contribution in [-0.2, 0) is 11.3 Å². The predicted octanol–water partition coefficient (Wildman–Crippen LogP) is 2.53. The van der Waals surface area contributed by atoms with E-state index in [1.54, 1.807) is 19.1 Å². The lowest BCUT2D eigenvalue weighted by molar-refractivity contribution is -0.133. The molecule has 0 radical (unpaired) electrons. The number of benzene rings is 1. The van der Waals surface area contributed by atoms with Crippen LogP contribution in [0.5, 0.6) is 5.75 Å². The van der Waals surface area contributed by atoms with Crippen LogP contribution in [0.3, 0.4) is 0 Å². The van der Waals surface area contributed by atoms with Crippen LogP contribution in [0.1, 0.15) is 12.5 Å². The van der Waals surface area contributed by atoms with Crippen molar-refractivity contribution in [3.05, 3.63) is 29.8 Å². The molecule has 0 saturated heterocycles. The monoisotopic (exact) mass is 255 g/mol. The topological polar surface area (TPSA) is 29.5 Å². The number of carbonyl (C=O) groups excluding carboxylic acids is 1. The van der Waals surface area contributed by atoms with Crippen LogP contribution in [0.15, 0.2) is 24.3 Å². The molecule has 0 saturated carbocycles. The minimum atomic E-state index is -0.146. The highest BCUT2D eigenvalue weighted by Crippen LogP contribution is 2.15. The van der Waals surface area contributed by atoms with Crippen molar-refractivity contribution in [2.24, 2.45) is 5.92 Å². The number of rotatable bonds is 5. The average molecular weight is 256 g/mol. The van der Waals surface area contributed by atoms with Crippen molar-refractivity contribution in [2.75, 3.05) is 20.0 Å². The Hall–Kier alpha value is -1.22. The van der Waals surface area contributed by atoms with Crippen LogP contribution < -0.4 is 4.74 Å². The van der Waals surface area contributed by atoms with E-state index in [4.69, 9.17) is 16.3 Å². The standard InChI is InChI=1S/C13H18ClNO2/c1-10(8-14)13(16)15(2)9-11-5-4-6-12(7-11)17-3/h4-7,10H,8-9H2,1-3H3. The van der Waals surface area contributed by atoms with Crippen LogP contribution in [0.25, 0.3) is 0 Å². The molecule has 1 rings (SSSR count). The smallest absolute Gasteiger partial charge is 0.226 e. The van der Waals surface area contributed by atoms with Gasteiger partial charge < -0.3 is 9.64 Å². The lowest BCUT2D eigenvalue weighted by atomic mass is 10.1. The molecule has 1 aromatic rings. The van der Waals surface area contributed by atoms with Crippen molar-refractivity contribution in [3.8, 4) is 5.75 Å². The molecule has 0 aliphatic heterocycles. The minimum Gasteiger partial charge on any atom is -0.497 e. The maximum atomic E-state index is 11.8. The lowest BCUT2D eigenvalue weighted by Gasteiger charge is -2.20. The maximum Gasteiger partial charge on any atom is 0.226 e. The van der Waals surface area contributed by atoms with Crippen molar-refractivity contribution in [3.63, 3.8) is 0 Å². The van der Waals surface area contributed by atoms with Gasteiger partial charge in [0.25, 0.3) is 0 Å². The van der Waals surface area contributed by atoms with Gasteiger partial charge in [-0.3, -0.25) is 4.79 Å². The van der Waals surface area contributed by atoms with Gasteiger partial charge in [0, 0.05) is 25.4 Å². The molecule has 0 fully saturated rings. The van der Waals surface area contributed by atoms with Gasteiger partial charge in [0.1, 0.15) is 5.75 Å². The molecule has 1 aromatic carbocycles. The van der Waals surface area contributed by atoms with Gasteiger partial charge >= 0.3 is 0 Å². The van der Waals surface area contributed by atoms with Gasteiger partial charge in [0.05, 0.1) is 7.11 Å². The first-order valence-electron chi connectivity index (χ1n) is 5.52. The molecule has 0 bridgehead atoms. The fraction of sp³-hybridized carbons (Fsp3) is 0.462. The molecule has 1 atom stereocenters. The number of alkyl halides is 1. The summed E-state index contributed by atoms with van der Waals surface area (Å²) in [5.74, 6) is 1.06. The van der Waals surface area contributed by atoms with E-state index < -0.39 is 0 Å². The second-order valence-corrected chi connectivity index (χ2v) is 4.41. The van der Waals surface area contributed by atoms with Crippen molar-refractivity contribution in [1.82, 2.24) is 4.90 Å². The summed E-state index contributed by atoms with van der Waals surface area (Å²) in [4.78, 5) is 13.5. The van der Waals surface area contributed by atoms with E-state index in [2.05, 4.69) is 0 Å². The second kappa shape index (κ2) is 6.50. The Morgan fingerprint density at radius 2 is 2.24 bits per heavy atom. The number of hydrogen-bond donors (Lipinski definition) is 0. The van der Waals surface area contributed by atoms with Gasteiger partial charge in [-0.2, -0.15) is 0 Å². The molecule has 17 heavy (non-hydrogen) atoms. The molecule has 0 heterocycles. The van der Waals surface area contributed by atoms with E-state index in [9.17, 15) is 4.79 Å². The zero-order chi connectivity index (χ0) is 12.8. The minimum absolute atomic E-state index is 0.0582. The molecular formula is C13H18ClNO2. The van der Waals surface area contributed by atoms with E-state index in [-0.39, 0.29) is 11.8 Å². The van der Waals surface area contributed by atoms with Gasteiger partial charge in [0.2, 0.25) is 5.91 Å². The van der Waals surface area contributed by atoms with Crippen molar-refractivity contribution >= 4 is 17.5 Å². The Bertz CT molecular complexity index is 381. The van der Waals surface area contributed by atoms with E-state index >= 15 is 0 Å². The van der Waals surface area contributed by atoms with Crippen molar-refractivity contribution in [2.45, 2.75) is 13.5 Å². The van der Waals surface area contributed by atoms with Gasteiger partial charge in [-0.25, -0.2) is 0 Å². The summed E-state index contributed by atoms with van der Waals surface area (Å²) in [6, 6.07) is 7.69. The summed E-state index contributed by atoms with van der Waals surface area (Å²) in [7, 11) is 3.41. The van der Waals surface area contributed by atoms with Crippen LogP contribution in [0.2, 0.25) is 0 Å². The average Bonchev–Trinajstić information content (AvgIpc) is 2.37. The van der Waals surface area contributed by atoms with Gasteiger partial charge in [0.15, 0.2) is 0 Å². The number of halogens is 1. The zero-order valence-corrected chi connectivity index (χ0v) is 11.2. The second-order valence-electron chi connectivity index (χ2n) is 4.10. The summed E-state index contributed by atoms with van der Waals surface area (Å²) in [5, 5.41) is 0. The van der Waals surface area contributed by atoms with Crippen LogP contribution in [0, 0.1) is 5.92 Å². The van der Waals surface area contributed by atoms with Crippen LogP contribution in [-0.4, -0.2) is 30.8 Å². The fourth-order valence-electron chi connectivity index (χ4n) is 1.56. The number of carbonyl (C=O) groups is 1. The van der Waals surface area contributed by atoms with Gasteiger partial charge in [-0.05, 0) is 17.7 Å². The third-order valence-electron chi connectivity index (χ3n) is 2.58. The summed E-state index contributed by atoms with van der Waals surface area (Å²) >= 11 is 5.67. The van der Waals surface area contributed by atoms with Crippen LogP contribution in [0.4, 0.5) is 0 Å². The normalized spacial score (nSPS) is 12.0. The van der Waals surface area contributed by atoms with Gasteiger partial charge in [-0.15, -0.1) is 11.6 Å². The highest BCUT2D eigenvalue weighted by Gasteiger charge is 2.16. The van der Waals surface area contributed by atoms with Crippen molar-refractivity contribution in [1.29, 1.82) is 0 Å². The fourth-order valence-corrected chi connectivity index (χ4v) is 1.70. The predicted molar refractivity (Wildman–Crippen MR) is 69.4 cm³/mol. The lowest BCUT2D eigenvalue weighted by Crippen LogP contribution is -2.31. The molecule has 0 spiro atoms. The highest BCUT2D eigenvalue weighted by molar-refractivity contribution is 6.19. The zero-order valence-electron chi connectivity index (χ0n) is 10.4. The molecule has 1 unspecified atom stereocenters. The molecular weight excluding hydrogens is 238 g/mol. The third kappa shape index (κ3) is 3.93. The number of methoxy groups -OCH3 is 1. The molecule has 0 N–H and O–H groups in total. The molecule has 0 aliphatic carbocycles. The summed E-state index contributed by atoms with van der Waals surface area (Å²) in [5.41, 5.74) is 1.04. The highest BCUT2D eigenvalue weighted by atomic mass is 35.5. The molecule has 1 amide bonds. The largest absolute Gasteiger partial charge is 0.497 e. The van der Waals surface area contributed by atoms with E-state index in [1.165, 1.54) is 0 Å². The Morgan fingerprint density at radius 3 is 2.82 bits per heavy atom. The Balaban J connectivity index is 2.67. The number of nitrogens with zero attached hydrogens (tertiary/aromatic N) is 1. The third-order valence-corrected chi connectivity index (χ3v) is 3.05.